The zero-order valence-corrected chi connectivity index (χ0v) is 21.7. The number of benzene rings is 2. The Balaban J connectivity index is 1.35. The Hall–Kier alpha value is -4.79. The second-order valence-electron chi connectivity index (χ2n) is 9.64. The number of nitrogens with one attached hydrogen (secondary N) is 2. The lowest BCUT2D eigenvalue weighted by Crippen LogP contribution is -2.24. The number of aryl methyl sites for hydroxylation is 1. The highest BCUT2D eigenvalue weighted by atomic mass is 19.1. The molecule has 8 nitrogen and oxygen atoms in total. The summed E-state index contributed by atoms with van der Waals surface area (Å²) in [6.45, 7) is 3.71. The van der Waals surface area contributed by atoms with E-state index in [0.717, 1.165) is 24.0 Å². The maximum atomic E-state index is 13.4. The van der Waals surface area contributed by atoms with Crippen molar-refractivity contribution in [3.8, 4) is 22.6 Å². The molecule has 0 atom stereocenters. The van der Waals surface area contributed by atoms with Gasteiger partial charge in [-0.05, 0) is 73.7 Å². The molecule has 0 aliphatic heterocycles. The monoisotopic (exact) mass is 526 g/mol. The Labute approximate surface area is 224 Å². The summed E-state index contributed by atoms with van der Waals surface area (Å²) in [6, 6.07) is 12.4. The van der Waals surface area contributed by atoms with Gasteiger partial charge in [0.1, 0.15) is 28.7 Å². The van der Waals surface area contributed by atoms with Gasteiger partial charge in [0.25, 0.3) is 5.91 Å². The first kappa shape index (κ1) is 25.8. The lowest BCUT2D eigenvalue weighted by Gasteiger charge is -2.16. The third-order valence-corrected chi connectivity index (χ3v) is 6.70. The first-order valence-corrected chi connectivity index (χ1v) is 12.5. The minimum absolute atomic E-state index is 0.0331. The van der Waals surface area contributed by atoms with Gasteiger partial charge in [0.2, 0.25) is 11.3 Å². The van der Waals surface area contributed by atoms with Gasteiger partial charge in [-0.25, -0.2) is 9.37 Å². The van der Waals surface area contributed by atoms with Crippen LogP contribution in [0.25, 0.3) is 11.1 Å². The molecule has 9 heteroatoms. The summed E-state index contributed by atoms with van der Waals surface area (Å²) in [7, 11) is 1.71. The van der Waals surface area contributed by atoms with Crippen LogP contribution in [-0.4, -0.2) is 21.4 Å². The van der Waals surface area contributed by atoms with E-state index in [1.807, 2.05) is 13.8 Å². The van der Waals surface area contributed by atoms with Crippen molar-refractivity contribution in [1.82, 2.24) is 9.55 Å². The Kier molecular flexibility index (Phi) is 6.98. The molecule has 2 heterocycles. The number of amides is 2. The van der Waals surface area contributed by atoms with Gasteiger partial charge in [-0.2, -0.15) is 0 Å². The highest BCUT2D eigenvalue weighted by molar-refractivity contribution is 6.05. The highest BCUT2D eigenvalue weighted by Crippen LogP contribution is 2.33. The van der Waals surface area contributed by atoms with E-state index in [1.54, 1.807) is 48.3 Å². The maximum Gasteiger partial charge on any atom is 0.261 e. The fourth-order valence-electron chi connectivity index (χ4n) is 4.18. The van der Waals surface area contributed by atoms with E-state index in [9.17, 15) is 18.8 Å². The van der Waals surface area contributed by atoms with Crippen molar-refractivity contribution < 1.29 is 18.7 Å². The standard InChI is InChI=1S/C30H27FN4O4/c1-17-18(2)26(39-22-12-13-32-27(14-22)34-29(37)20-4-5-20)11-10-25(17)33-30(38)24-16-35(3)15-23(28(24)36)19-6-8-21(31)9-7-19/h6-16,20H,4-5H2,1-3H3,(H,33,38)(H,32,34,37). The molecule has 39 heavy (non-hydrogen) atoms. The molecule has 2 aromatic carbocycles. The van der Waals surface area contributed by atoms with Crippen molar-refractivity contribution in [2.45, 2.75) is 26.7 Å². The topological polar surface area (TPSA) is 102 Å². The maximum absolute atomic E-state index is 13.4. The molecule has 1 aliphatic rings. The van der Waals surface area contributed by atoms with E-state index in [2.05, 4.69) is 15.6 Å². The van der Waals surface area contributed by atoms with Crippen LogP contribution < -0.4 is 20.8 Å². The van der Waals surface area contributed by atoms with Crippen molar-refractivity contribution in [1.29, 1.82) is 0 Å². The number of aromatic nitrogens is 2. The van der Waals surface area contributed by atoms with Crippen molar-refractivity contribution >= 4 is 23.3 Å². The molecule has 1 saturated carbocycles. The molecule has 1 fully saturated rings. The highest BCUT2D eigenvalue weighted by Gasteiger charge is 2.29. The summed E-state index contributed by atoms with van der Waals surface area (Å²) in [4.78, 5) is 42.6. The molecule has 0 saturated heterocycles. The second kappa shape index (κ2) is 10.5. The average Bonchev–Trinajstić information content (AvgIpc) is 3.76. The van der Waals surface area contributed by atoms with Gasteiger partial charge in [-0.3, -0.25) is 14.4 Å². The fraction of sp³-hybridized carbons (Fsp3) is 0.200. The Morgan fingerprint density at radius 2 is 1.74 bits per heavy atom. The molecule has 5 rings (SSSR count). The van der Waals surface area contributed by atoms with Crippen LogP contribution in [0.1, 0.15) is 34.3 Å². The van der Waals surface area contributed by atoms with Crippen LogP contribution in [0.4, 0.5) is 15.9 Å². The lowest BCUT2D eigenvalue weighted by atomic mass is 10.0. The SMILES string of the molecule is Cc1c(NC(=O)c2cn(C)cc(-c3ccc(F)cc3)c2=O)ccc(Oc2ccnc(NC(=O)C3CC3)c2)c1C. The van der Waals surface area contributed by atoms with E-state index in [0.29, 0.717) is 34.1 Å². The molecule has 2 N–H and O–H groups in total. The van der Waals surface area contributed by atoms with E-state index >= 15 is 0 Å². The van der Waals surface area contributed by atoms with Crippen LogP contribution in [0, 0.1) is 25.6 Å². The van der Waals surface area contributed by atoms with Crippen LogP contribution in [0.5, 0.6) is 11.5 Å². The van der Waals surface area contributed by atoms with Crippen molar-refractivity contribution in [2.75, 3.05) is 10.6 Å². The Morgan fingerprint density at radius 1 is 1.00 bits per heavy atom. The average molecular weight is 527 g/mol. The molecule has 2 aromatic heterocycles. The minimum Gasteiger partial charge on any atom is -0.457 e. The van der Waals surface area contributed by atoms with Crippen LogP contribution >= 0.6 is 0 Å². The van der Waals surface area contributed by atoms with Crippen molar-refractivity contribution in [3.05, 3.63) is 99.9 Å². The van der Waals surface area contributed by atoms with Gasteiger partial charge in [-0.15, -0.1) is 0 Å². The van der Waals surface area contributed by atoms with Crippen LogP contribution in [-0.2, 0) is 11.8 Å². The third kappa shape index (κ3) is 5.72. The molecule has 1 aliphatic carbocycles. The Bertz CT molecular complexity index is 1640. The zero-order valence-electron chi connectivity index (χ0n) is 21.7. The van der Waals surface area contributed by atoms with Gasteiger partial charge in [0.15, 0.2) is 0 Å². The molecular weight excluding hydrogens is 499 g/mol. The third-order valence-electron chi connectivity index (χ3n) is 6.70. The molecule has 0 spiro atoms. The van der Waals surface area contributed by atoms with Crippen LogP contribution in [0.15, 0.2) is 71.9 Å². The zero-order chi connectivity index (χ0) is 27.7. The normalized spacial score (nSPS) is 12.6. The summed E-state index contributed by atoms with van der Waals surface area (Å²) in [5, 5.41) is 5.64. The minimum atomic E-state index is -0.555. The van der Waals surface area contributed by atoms with Crippen LogP contribution in [0.3, 0.4) is 0 Å². The van der Waals surface area contributed by atoms with E-state index in [1.165, 1.54) is 30.5 Å². The first-order chi connectivity index (χ1) is 18.7. The predicted molar refractivity (Wildman–Crippen MR) is 147 cm³/mol. The number of ether oxygens (including phenoxy) is 1. The summed E-state index contributed by atoms with van der Waals surface area (Å²) >= 11 is 0. The van der Waals surface area contributed by atoms with Crippen LogP contribution in [0.2, 0.25) is 0 Å². The summed E-state index contributed by atoms with van der Waals surface area (Å²) in [6.07, 6.45) is 6.44. The number of anilines is 2. The quantitative estimate of drug-likeness (QED) is 0.327. The van der Waals surface area contributed by atoms with E-state index in [-0.39, 0.29) is 17.4 Å². The molecule has 2 amide bonds. The number of pyridine rings is 2. The first-order valence-electron chi connectivity index (χ1n) is 12.5. The van der Waals surface area contributed by atoms with Gasteiger partial charge in [-0.1, -0.05) is 12.1 Å². The van der Waals surface area contributed by atoms with Gasteiger partial charge < -0.3 is 19.9 Å². The summed E-state index contributed by atoms with van der Waals surface area (Å²) in [5.74, 6) is 0.571. The van der Waals surface area contributed by atoms with E-state index in [4.69, 9.17) is 4.74 Å². The number of carbonyl (C=O) groups excluding carboxylic acids is 2. The molecule has 198 valence electrons. The molecule has 0 unspecified atom stereocenters. The number of halogens is 1. The van der Waals surface area contributed by atoms with E-state index < -0.39 is 17.2 Å². The Morgan fingerprint density at radius 3 is 2.46 bits per heavy atom. The molecule has 0 radical (unpaired) electrons. The van der Waals surface area contributed by atoms with Gasteiger partial charge in [0.05, 0.1) is 0 Å². The smallest absolute Gasteiger partial charge is 0.261 e. The molecule has 4 aromatic rings. The summed E-state index contributed by atoms with van der Waals surface area (Å²) < 4.78 is 21.1. The van der Waals surface area contributed by atoms with Gasteiger partial charge >= 0.3 is 0 Å². The van der Waals surface area contributed by atoms with Crippen molar-refractivity contribution in [2.24, 2.45) is 13.0 Å². The largest absolute Gasteiger partial charge is 0.457 e. The predicted octanol–water partition coefficient (Wildman–Crippen LogP) is 5.60. The van der Waals surface area contributed by atoms with Crippen molar-refractivity contribution in [3.63, 3.8) is 0 Å². The molecular formula is C30H27FN4O4. The van der Waals surface area contributed by atoms with Gasteiger partial charge in [0, 0.05) is 48.9 Å². The number of nitrogens with zero attached hydrogens (tertiary/aromatic N) is 2. The number of hydrogen-bond acceptors (Lipinski definition) is 5. The number of hydrogen-bond donors (Lipinski definition) is 2. The molecule has 0 bridgehead atoms. The lowest BCUT2D eigenvalue weighted by molar-refractivity contribution is -0.117. The second-order valence-corrected chi connectivity index (χ2v) is 9.64. The number of rotatable bonds is 7. The fourth-order valence-corrected chi connectivity index (χ4v) is 4.18. The number of carbonyl (C=O) groups is 2. The summed E-state index contributed by atoms with van der Waals surface area (Å²) in [5.41, 5.74) is 2.43.